The first kappa shape index (κ1) is 15.9. The molecule has 1 fully saturated rings. The molecule has 8 nitrogen and oxygen atoms in total. The molecule has 124 valence electrons. The molecule has 0 radical (unpaired) electrons. The van der Waals surface area contributed by atoms with Crippen LogP contribution in [0.25, 0.3) is 0 Å². The van der Waals surface area contributed by atoms with Crippen LogP contribution in [0.2, 0.25) is 0 Å². The zero-order valence-corrected chi connectivity index (χ0v) is 14.0. The van der Waals surface area contributed by atoms with Gasteiger partial charge in [0.15, 0.2) is 0 Å². The number of thiazole rings is 1. The number of amides is 1. The molecule has 1 aliphatic carbocycles. The van der Waals surface area contributed by atoms with Crippen LogP contribution in [0, 0.1) is 6.92 Å². The number of aryl methyl sites for hydroxylation is 2. The average molecular weight is 336 g/mol. The van der Waals surface area contributed by atoms with Crippen molar-refractivity contribution in [3.8, 4) is 0 Å². The van der Waals surface area contributed by atoms with Gasteiger partial charge < -0.3 is 10.6 Å². The fourth-order valence-corrected chi connectivity index (χ4v) is 3.19. The van der Waals surface area contributed by atoms with Crippen LogP contribution < -0.4 is 16.3 Å². The summed E-state index contributed by atoms with van der Waals surface area (Å²) >= 11 is 1.65. The van der Waals surface area contributed by atoms with Crippen molar-refractivity contribution in [2.45, 2.75) is 44.9 Å². The van der Waals surface area contributed by atoms with Gasteiger partial charge >= 0.3 is 5.69 Å². The molecular formula is C14H20N6O2S. The maximum Gasteiger partial charge on any atom is 0.345 e. The zero-order chi connectivity index (χ0) is 16.4. The second-order valence-electron chi connectivity index (χ2n) is 5.85. The third-order valence-electron chi connectivity index (χ3n) is 3.92. The summed E-state index contributed by atoms with van der Waals surface area (Å²) in [6.45, 7) is 2.72. The number of rotatable bonds is 6. The Bertz CT molecular complexity index is 743. The fourth-order valence-electron chi connectivity index (χ4n) is 2.58. The van der Waals surface area contributed by atoms with Gasteiger partial charge in [-0.2, -0.15) is 5.10 Å². The highest BCUT2D eigenvalue weighted by Gasteiger charge is 2.30. The van der Waals surface area contributed by atoms with Crippen molar-refractivity contribution in [1.82, 2.24) is 30.0 Å². The predicted molar refractivity (Wildman–Crippen MR) is 86.1 cm³/mol. The maximum absolute atomic E-state index is 11.9. The van der Waals surface area contributed by atoms with Crippen LogP contribution in [-0.2, 0) is 24.9 Å². The summed E-state index contributed by atoms with van der Waals surface area (Å²) in [6, 6.07) is 0.566. The Balaban J connectivity index is 1.37. The first-order valence-electron chi connectivity index (χ1n) is 7.53. The van der Waals surface area contributed by atoms with Crippen molar-refractivity contribution in [1.29, 1.82) is 0 Å². The van der Waals surface area contributed by atoms with Crippen LogP contribution in [0.5, 0.6) is 0 Å². The monoisotopic (exact) mass is 336 g/mol. The van der Waals surface area contributed by atoms with E-state index in [4.69, 9.17) is 0 Å². The van der Waals surface area contributed by atoms with Gasteiger partial charge in [-0.3, -0.25) is 9.36 Å². The third kappa shape index (κ3) is 3.85. The number of hydrogen-bond acceptors (Lipinski definition) is 6. The number of hydrogen-bond donors (Lipinski definition) is 2. The molecule has 2 aromatic rings. The molecule has 3 rings (SSSR count). The summed E-state index contributed by atoms with van der Waals surface area (Å²) in [7, 11) is 1.61. The summed E-state index contributed by atoms with van der Waals surface area (Å²) in [5.74, 6) is -0.177. The van der Waals surface area contributed by atoms with Gasteiger partial charge in [0.1, 0.15) is 12.9 Å². The Hall–Kier alpha value is -2.00. The smallest absolute Gasteiger partial charge is 0.345 e. The van der Waals surface area contributed by atoms with Gasteiger partial charge in [0.05, 0.1) is 10.7 Å². The van der Waals surface area contributed by atoms with Crippen LogP contribution >= 0.6 is 11.3 Å². The summed E-state index contributed by atoms with van der Waals surface area (Å²) in [6.07, 6.45) is 3.19. The zero-order valence-electron chi connectivity index (χ0n) is 13.2. The number of nitrogens with one attached hydrogen (secondary N) is 2. The number of aromatic nitrogens is 4. The van der Waals surface area contributed by atoms with Crippen LogP contribution in [0.1, 0.15) is 23.5 Å². The van der Waals surface area contributed by atoms with Crippen molar-refractivity contribution >= 4 is 17.2 Å². The highest BCUT2D eigenvalue weighted by Crippen LogP contribution is 2.20. The largest absolute Gasteiger partial charge is 0.352 e. The second kappa shape index (κ2) is 6.63. The predicted octanol–water partition coefficient (Wildman–Crippen LogP) is -0.216. The van der Waals surface area contributed by atoms with Crippen molar-refractivity contribution in [3.63, 3.8) is 0 Å². The highest BCUT2D eigenvalue weighted by atomic mass is 32.1. The quantitative estimate of drug-likeness (QED) is 0.761. The lowest BCUT2D eigenvalue weighted by atomic mass is 9.86. The van der Waals surface area contributed by atoms with Gasteiger partial charge in [-0.1, -0.05) is 0 Å². The molecular weight excluding hydrogens is 316 g/mol. The standard InChI is InChI=1S/C14H20N6O2S/c1-9-17-12(7-23-9)5-15-10-3-11(4-10)18-13(21)6-20-14(22)19(2)8-16-20/h7-8,10-11,15H,3-6H2,1-2H3,(H,18,21). The van der Waals surface area contributed by atoms with Crippen molar-refractivity contribution < 1.29 is 4.79 Å². The van der Waals surface area contributed by atoms with Crippen LogP contribution in [0.15, 0.2) is 16.5 Å². The van der Waals surface area contributed by atoms with Gasteiger partial charge in [0.2, 0.25) is 5.91 Å². The summed E-state index contributed by atoms with van der Waals surface area (Å²) in [4.78, 5) is 27.9. The lowest BCUT2D eigenvalue weighted by Gasteiger charge is -2.36. The van der Waals surface area contributed by atoms with E-state index in [1.807, 2.05) is 6.92 Å². The highest BCUT2D eigenvalue weighted by molar-refractivity contribution is 7.09. The van der Waals surface area contributed by atoms with E-state index in [1.165, 1.54) is 10.9 Å². The number of carbonyl (C=O) groups is 1. The van der Waals surface area contributed by atoms with Gasteiger partial charge in [0.25, 0.3) is 0 Å². The normalized spacial score (nSPS) is 20.3. The van der Waals surface area contributed by atoms with E-state index in [2.05, 4.69) is 26.1 Å². The maximum atomic E-state index is 11.9. The molecule has 0 saturated heterocycles. The number of carbonyl (C=O) groups excluding carboxylic acids is 1. The molecule has 0 bridgehead atoms. The SMILES string of the molecule is Cc1nc(CNC2CC(NC(=O)Cn3ncn(C)c3=O)C2)cs1. The minimum atomic E-state index is -0.285. The topological polar surface area (TPSA) is 93.8 Å². The second-order valence-corrected chi connectivity index (χ2v) is 6.92. The molecule has 0 aromatic carbocycles. The van der Waals surface area contributed by atoms with Gasteiger partial charge in [-0.15, -0.1) is 11.3 Å². The minimum Gasteiger partial charge on any atom is -0.352 e. The molecule has 2 N–H and O–H groups in total. The molecule has 0 atom stereocenters. The molecule has 1 saturated carbocycles. The third-order valence-corrected chi connectivity index (χ3v) is 4.74. The molecule has 0 aliphatic heterocycles. The Morgan fingerprint density at radius 2 is 2.22 bits per heavy atom. The Labute approximate surface area is 137 Å². The fraction of sp³-hybridized carbons (Fsp3) is 0.571. The van der Waals surface area contributed by atoms with Crippen molar-refractivity contribution in [2.24, 2.45) is 7.05 Å². The van der Waals surface area contributed by atoms with E-state index < -0.39 is 0 Å². The van der Waals surface area contributed by atoms with E-state index in [-0.39, 0.29) is 24.2 Å². The molecule has 1 amide bonds. The van der Waals surface area contributed by atoms with Crippen molar-refractivity contribution in [2.75, 3.05) is 0 Å². The molecule has 0 spiro atoms. The molecule has 2 aromatic heterocycles. The summed E-state index contributed by atoms with van der Waals surface area (Å²) in [5.41, 5.74) is 0.779. The van der Waals surface area contributed by atoms with Crippen molar-refractivity contribution in [3.05, 3.63) is 32.9 Å². The van der Waals surface area contributed by atoms with E-state index in [1.54, 1.807) is 18.4 Å². The van der Waals surface area contributed by atoms with E-state index in [0.29, 0.717) is 6.04 Å². The molecule has 2 heterocycles. The average Bonchev–Trinajstić information content (AvgIpc) is 3.02. The van der Waals surface area contributed by atoms with Gasteiger partial charge in [-0.25, -0.2) is 14.5 Å². The van der Waals surface area contributed by atoms with E-state index >= 15 is 0 Å². The van der Waals surface area contributed by atoms with Gasteiger partial charge in [0, 0.05) is 31.1 Å². The summed E-state index contributed by atoms with van der Waals surface area (Å²) in [5, 5.41) is 13.4. The van der Waals surface area contributed by atoms with Gasteiger partial charge in [-0.05, 0) is 19.8 Å². The molecule has 23 heavy (non-hydrogen) atoms. The first-order valence-corrected chi connectivity index (χ1v) is 8.41. The number of nitrogens with zero attached hydrogens (tertiary/aromatic N) is 4. The molecule has 1 aliphatic rings. The Morgan fingerprint density at radius 3 is 2.83 bits per heavy atom. The molecule has 0 unspecified atom stereocenters. The minimum absolute atomic E-state index is 0.0353. The Morgan fingerprint density at radius 1 is 1.43 bits per heavy atom. The lowest BCUT2D eigenvalue weighted by molar-refractivity contribution is -0.123. The summed E-state index contributed by atoms with van der Waals surface area (Å²) < 4.78 is 2.51. The van der Waals surface area contributed by atoms with Crippen LogP contribution in [0.3, 0.4) is 0 Å². The van der Waals surface area contributed by atoms with E-state index in [9.17, 15) is 9.59 Å². The van der Waals surface area contributed by atoms with E-state index in [0.717, 1.165) is 34.8 Å². The lowest BCUT2D eigenvalue weighted by Crippen LogP contribution is -2.53. The Kier molecular flexibility index (Phi) is 4.58. The first-order chi connectivity index (χ1) is 11.0. The van der Waals surface area contributed by atoms with Crippen LogP contribution in [-0.4, -0.2) is 37.3 Å². The molecule has 9 heteroatoms. The van der Waals surface area contributed by atoms with Crippen LogP contribution in [0.4, 0.5) is 0 Å².